The van der Waals surface area contributed by atoms with Gasteiger partial charge >= 0.3 is 18.1 Å². The van der Waals surface area contributed by atoms with Crippen LogP contribution < -0.4 is 14.8 Å². The van der Waals surface area contributed by atoms with Gasteiger partial charge in [-0.05, 0) is 12.1 Å². The summed E-state index contributed by atoms with van der Waals surface area (Å²) in [6.45, 7) is 0. The maximum Gasteiger partial charge on any atom is 0.492 e. The molecule has 0 saturated heterocycles. The Kier molecular flexibility index (Phi) is 3.37. The highest BCUT2D eigenvalue weighted by molar-refractivity contribution is 6.30. The Bertz CT molecular complexity index is 550. The fourth-order valence-electron chi connectivity index (χ4n) is 1.47. The summed E-state index contributed by atoms with van der Waals surface area (Å²) in [6.07, 6.45) is -4.98. The van der Waals surface area contributed by atoms with Crippen molar-refractivity contribution in [2.45, 2.75) is 12.1 Å². The highest BCUT2D eigenvalue weighted by Gasteiger charge is 2.65. The first-order valence-corrected chi connectivity index (χ1v) is 5.76. The van der Waals surface area contributed by atoms with E-state index >= 15 is 0 Å². The molecule has 110 valence electrons. The van der Waals surface area contributed by atoms with Crippen molar-refractivity contribution in [3.8, 4) is 11.5 Å². The first-order chi connectivity index (χ1) is 9.14. The molecule has 5 nitrogen and oxygen atoms in total. The van der Waals surface area contributed by atoms with E-state index in [1.807, 2.05) is 0 Å². The second-order valence-electron chi connectivity index (χ2n) is 4.23. The molecule has 1 aromatic carbocycles. The molecule has 0 spiro atoms. The minimum absolute atomic E-state index is 0.161. The Morgan fingerprint density at radius 1 is 1.30 bits per heavy atom. The Morgan fingerprint density at radius 2 is 1.90 bits per heavy atom. The lowest BCUT2D eigenvalue weighted by Gasteiger charge is -2.30. The number of amides is 2. The van der Waals surface area contributed by atoms with Crippen LogP contribution in [0.1, 0.15) is 0 Å². The molecule has 0 aliphatic carbocycles. The zero-order valence-electron chi connectivity index (χ0n) is 10.4. The van der Waals surface area contributed by atoms with Crippen molar-refractivity contribution in [1.82, 2.24) is 10.2 Å². The van der Waals surface area contributed by atoms with Gasteiger partial charge in [-0.1, -0.05) is 11.6 Å². The number of carbonyl (C=O) groups is 1. The lowest BCUT2D eigenvalue weighted by atomic mass is 10.3. The van der Waals surface area contributed by atoms with Gasteiger partial charge in [-0.2, -0.15) is 13.2 Å². The Labute approximate surface area is 117 Å². The van der Waals surface area contributed by atoms with Crippen molar-refractivity contribution in [3.05, 3.63) is 23.2 Å². The number of ether oxygens (including phenoxy) is 2. The number of rotatable bonds is 1. The maximum absolute atomic E-state index is 13.2. The van der Waals surface area contributed by atoms with Crippen LogP contribution in [0, 0.1) is 0 Å². The summed E-state index contributed by atoms with van der Waals surface area (Å²) in [6, 6.07) is 2.74. The van der Waals surface area contributed by atoms with Crippen LogP contribution in [0.15, 0.2) is 18.2 Å². The third-order valence-electron chi connectivity index (χ3n) is 2.46. The number of halogens is 4. The average molecular weight is 311 g/mol. The Hall–Kier alpha value is -1.83. The quantitative estimate of drug-likeness (QED) is 0.867. The van der Waals surface area contributed by atoms with Gasteiger partial charge in [0.25, 0.3) is 0 Å². The number of benzene rings is 1. The van der Waals surface area contributed by atoms with Gasteiger partial charge in [0.1, 0.15) is 0 Å². The number of urea groups is 1. The summed E-state index contributed by atoms with van der Waals surface area (Å²) in [5.41, 5.74) is 0. The highest BCUT2D eigenvalue weighted by Crippen LogP contribution is 2.46. The van der Waals surface area contributed by atoms with E-state index < -0.39 is 18.1 Å². The number of fused-ring (bicyclic) bond motifs is 1. The van der Waals surface area contributed by atoms with Gasteiger partial charge in [0.05, 0.1) is 0 Å². The van der Waals surface area contributed by atoms with Crippen molar-refractivity contribution in [1.29, 1.82) is 0 Å². The molecule has 1 aliphatic heterocycles. The number of hydrogen-bond acceptors (Lipinski definition) is 3. The molecule has 1 atom stereocenters. The second kappa shape index (κ2) is 4.62. The van der Waals surface area contributed by atoms with Crippen LogP contribution in [0.4, 0.5) is 18.0 Å². The van der Waals surface area contributed by atoms with Crippen LogP contribution in [0.5, 0.6) is 11.5 Å². The first kappa shape index (κ1) is 14.6. The maximum atomic E-state index is 13.2. The summed E-state index contributed by atoms with van der Waals surface area (Å²) in [5.74, 6) is -3.62. The molecule has 1 unspecified atom stereocenters. The predicted molar refractivity (Wildman–Crippen MR) is 63.7 cm³/mol. The third kappa shape index (κ3) is 2.43. The standard InChI is InChI=1S/C11H10ClF3N2O3/c1-17(2)9(18)16-11(10(13,14)15)19-7-4-3-6(12)5-8(7)20-11/h3-5H,1-2H3,(H,16,18). The summed E-state index contributed by atoms with van der Waals surface area (Å²) in [7, 11) is 2.58. The fraction of sp³-hybridized carbons (Fsp3) is 0.364. The molecule has 1 N–H and O–H groups in total. The predicted octanol–water partition coefficient (Wildman–Crippen LogP) is 2.60. The Morgan fingerprint density at radius 3 is 2.45 bits per heavy atom. The van der Waals surface area contributed by atoms with Gasteiger partial charge in [0.2, 0.25) is 0 Å². The molecule has 0 fully saturated rings. The van der Waals surface area contributed by atoms with Crippen LogP contribution in [-0.2, 0) is 0 Å². The van der Waals surface area contributed by atoms with Gasteiger partial charge in [-0.25, -0.2) is 4.79 Å². The van der Waals surface area contributed by atoms with E-state index in [-0.39, 0.29) is 16.5 Å². The molecule has 20 heavy (non-hydrogen) atoms. The average Bonchev–Trinajstić information content (AvgIpc) is 2.66. The van der Waals surface area contributed by atoms with Crippen LogP contribution in [0.2, 0.25) is 5.02 Å². The molecular formula is C11H10ClF3N2O3. The van der Waals surface area contributed by atoms with E-state index in [0.717, 1.165) is 4.90 Å². The number of nitrogens with zero attached hydrogens (tertiary/aromatic N) is 1. The molecule has 1 aromatic rings. The molecule has 2 rings (SSSR count). The highest BCUT2D eigenvalue weighted by atomic mass is 35.5. The first-order valence-electron chi connectivity index (χ1n) is 5.38. The largest absolute Gasteiger partial charge is 0.492 e. The van der Waals surface area contributed by atoms with Crippen LogP contribution in [-0.4, -0.2) is 37.1 Å². The minimum atomic E-state index is -4.98. The molecule has 1 aliphatic rings. The number of alkyl halides is 3. The lowest BCUT2D eigenvalue weighted by Crippen LogP contribution is -2.66. The van der Waals surface area contributed by atoms with Crippen molar-refractivity contribution >= 4 is 17.6 Å². The van der Waals surface area contributed by atoms with E-state index in [1.165, 1.54) is 32.3 Å². The smallest absolute Gasteiger partial charge is 0.424 e. The van der Waals surface area contributed by atoms with Gasteiger partial charge in [-0.15, -0.1) is 0 Å². The number of nitrogens with one attached hydrogen (secondary N) is 1. The molecule has 0 bridgehead atoms. The van der Waals surface area contributed by atoms with Gasteiger partial charge < -0.3 is 14.4 Å². The van der Waals surface area contributed by atoms with Crippen LogP contribution >= 0.6 is 11.6 Å². The topological polar surface area (TPSA) is 50.8 Å². The van der Waals surface area contributed by atoms with Crippen LogP contribution in [0.3, 0.4) is 0 Å². The molecule has 9 heteroatoms. The van der Waals surface area contributed by atoms with E-state index in [4.69, 9.17) is 21.1 Å². The fourth-order valence-corrected chi connectivity index (χ4v) is 1.63. The molecule has 0 aromatic heterocycles. The zero-order chi connectivity index (χ0) is 15.1. The molecular weight excluding hydrogens is 301 g/mol. The minimum Gasteiger partial charge on any atom is -0.424 e. The second-order valence-corrected chi connectivity index (χ2v) is 4.67. The summed E-state index contributed by atoms with van der Waals surface area (Å²) in [4.78, 5) is 12.4. The van der Waals surface area contributed by atoms with Crippen molar-refractivity contribution in [2.75, 3.05) is 14.1 Å². The van der Waals surface area contributed by atoms with E-state index in [0.29, 0.717) is 0 Å². The van der Waals surface area contributed by atoms with Gasteiger partial charge in [0, 0.05) is 25.2 Å². The normalized spacial score (nSPS) is 20.7. The van der Waals surface area contributed by atoms with Crippen molar-refractivity contribution < 1.29 is 27.4 Å². The molecule has 2 amide bonds. The van der Waals surface area contributed by atoms with E-state index in [1.54, 1.807) is 5.32 Å². The third-order valence-corrected chi connectivity index (χ3v) is 2.70. The SMILES string of the molecule is CN(C)C(=O)NC1(C(F)(F)F)Oc2ccc(Cl)cc2O1. The Balaban J connectivity index is 2.36. The lowest BCUT2D eigenvalue weighted by molar-refractivity contribution is -0.318. The molecule has 0 saturated carbocycles. The van der Waals surface area contributed by atoms with Gasteiger partial charge in [-0.3, -0.25) is 5.32 Å². The van der Waals surface area contributed by atoms with Crippen LogP contribution in [0.25, 0.3) is 0 Å². The monoisotopic (exact) mass is 310 g/mol. The van der Waals surface area contributed by atoms with Crippen molar-refractivity contribution in [3.63, 3.8) is 0 Å². The van der Waals surface area contributed by atoms with Crippen molar-refractivity contribution in [2.24, 2.45) is 0 Å². The van der Waals surface area contributed by atoms with E-state index in [2.05, 4.69) is 0 Å². The number of hydrogen-bond donors (Lipinski definition) is 1. The summed E-state index contributed by atoms with van der Waals surface area (Å²) >= 11 is 5.67. The summed E-state index contributed by atoms with van der Waals surface area (Å²) < 4.78 is 49.1. The summed E-state index contributed by atoms with van der Waals surface area (Å²) in [5, 5.41) is 1.86. The van der Waals surface area contributed by atoms with Gasteiger partial charge in [0.15, 0.2) is 11.5 Å². The molecule has 0 radical (unpaired) electrons. The number of carbonyl (C=O) groups excluding carboxylic acids is 1. The zero-order valence-corrected chi connectivity index (χ0v) is 11.2. The molecule has 1 heterocycles. The van der Waals surface area contributed by atoms with E-state index in [9.17, 15) is 18.0 Å².